The summed E-state index contributed by atoms with van der Waals surface area (Å²) in [5.74, 6) is 0.638. The molecule has 2 rings (SSSR count). The van der Waals surface area contributed by atoms with E-state index in [-0.39, 0.29) is 0 Å². The summed E-state index contributed by atoms with van der Waals surface area (Å²) >= 11 is 1.65. The van der Waals surface area contributed by atoms with Gasteiger partial charge in [-0.15, -0.1) is 11.3 Å². The van der Waals surface area contributed by atoms with Gasteiger partial charge in [0.25, 0.3) is 0 Å². The second-order valence-electron chi connectivity index (χ2n) is 4.89. The summed E-state index contributed by atoms with van der Waals surface area (Å²) in [7, 11) is 0.551. The lowest BCUT2D eigenvalue weighted by atomic mass is 9.80. The van der Waals surface area contributed by atoms with Crippen molar-refractivity contribution >= 4 is 23.9 Å². The summed E-state index contributed by atoms with van der Waals surface area (Å²) in [5, 5.41) is 21.4. The third-order valence-corrected chi connectivity index (χ3v) is 3.82. The first-order valence-electron chi connectivity index (χ1n) is 6.73. The van der Waals surface area contributed by atoms with E-state index in [0.717, 1.165) is 23.8 Å². The van der Waals surface area contributed by atoms with Crippen molar-refractivity contribution in [3.63, 3.8) is 0 Å². The minimum absolute atomic E-state index is 0.429. The average Bonchev–Trinajstić information content (AvgIpc) is 2.84. The molecule has 0 aliphatic carbocycles. The first-order chi connectivity index (χ1) is 10.0. The van der Waals surface area contributed by atoms with E-state index in [2.05, 4.69) is 15.3 Å². The maximum Gasteiger partial charge on any atom is 0.488 e. The Morgan fingerprint density at radius 3 is 2.86 bits per heavy atom. The molecule has 0 aliphatic heterocycles. The van der Waals surface area contributed by atoms with Crippen molar-refractivity contribution in [2.24, 2.45) is 0 Å². The average molecular weight is 306 g/mol. The van der Waals surface area contributed by atoms with E-state index >= 15 is 0 Å². The molecule has 0 aliphatic rings. The highest BCUT2D eigenvalue weighted by Gasteiger charge is 2.11. The molecule has 0 atom stereocenters. The van der Waals surface area contributed by atoms with Crippen molar-refractivity contribution in [2.45, 2.75) is 13.5 Å². The number of thiazole rings is 1. The molecule has 0 fully saturated rings. The van der Waals surface area contributed by atoms with Crippen LogP contribution in [0, 0.1) is 6.92 Å². The van der Waals surface area contributed by atoms with Crippen LogP contribution in [0.5, 0.6) is 5.75 Å². The van der Waals surface area contributed by atoms with Gasteiger partial charge in [-0.05, 0) is 31.6 Å². The molecule has 0 saturated heterocycles. The smallest absolute Gasteiger partial charge is 0.488 e. The summed E-state index contributed by atoms with van der Waals surface area (Å²) in [6.07, 6.45) is 0. The maximum atomic E-state index is 9.11. The number of hydrogen-bond acceptors (Lipinski definition) is 6. The van der Waals surface area contributed by atoms with Gasteiger partial charge in [0.2, 0.25) is 0 Å². The van der Waals surface area contributed by atoms with Gasteiger partial charge in [0.1, 0.15) is 12.4 Å². The molecule has 2 aromatic rings. The summed E-state index contributed by atoms with van der Waals surface area (Å²) < 4.78 is 5.63. The Morgan fingerprint density at radius 2 is 2.19 bits per heavy atom. The van der Waals surface area contributed by atoms with E-state index in [0.29, 0.717) is 17.8 Å². The molecule has 21 heavy (non-hydrogen) atoms. The standard InChI is InChI=1S/C14H19BN2O3S/c1-11-16-13(10-21-11)9-17(2)6-7-20-14-5-3-4-12(8-14)15(18)19/h3-5,8,10,18-19H,6-7,9H2,1-2H3. The maximum absolute atomic E-state index is 9.11. The zero-order chi connectivity index (χ0) is 15.2. The SMILES string of the molecule is Cc1nc(CN(C)CCOc2cccc(B(O)O)c2)cs1. The summed E-state index contributed by atoms with van der Waals surface area (Å²) in [5.41, 5.74) is 1.50. The predicted molar refractivity (Wildman–Crippen MR) is 84.9 cm³/mol. The van der Waals surface area contributed by atoms with Crippen LogP contribution in [0.25, 0.3) is 0 Å². The van der Waals surface area contributed by atoms with Gasteiger partial charge in [-0.3, -0.25) is 4.90 Å². The lowest BCUT2D eigenvalue weighted by Gasteiger charge is -2.16. The molecule has 0 unspecified atom stereocenters. The van der Waals surface area contributed by atoms with Crippen molar-refractivity contribution in [1.29, 1.82) is 0 Å². The molecule has 0 spiro atoms. The summed E-state index contributed by atoms with van der Waals surface area (Å²) in [6.45, 7) is 4.09. The van der Waals surface area contributed by atoms with E-state index in [4.69, 9.17) is 14.8 Å². The minimum atomic E-state index is -1.47. The number of rotatable bonds is 7. The van der Waals surface area contributed by atoms with Crippen LogP contribution in [-0.4, -0.2) is 47.2 Å². The monoisotopic (exact) mass is 306 g/mol. The van der Waals surface area contributed by atoms with E-state index in [1.165, 1.54) is 0 Å². The third-order valence-electron chi connectivity index (χ3n) is 3.00. The van der Waals surface area contributed by atoms with Gasteiger partial charge < -0.3 is 14.8 Å². The van der Waals surface area contributed by atoms with Gasteiger partial charge in [-0.25, -0.2) is 4.98 Å². The molecule has 1 heterocycles. The van der Waals surface area contributed by atoms with Crippen LogP contribution < -0.4 is 10.2 Å². The Labute approximate surface area is 129 Å². The second kappa shape index (κ2) is 7.56. The molecular formula is C14H19BN2O3S. The highest BCUT2D eigenvalue weighted by Crippen LogP contribution is 2.10. The molecule has 1 aromatic carbocycles. The van der Waals surface area contributed by atoms with Gasteiger partial charge in [-0.1, -0.05) is 12.1 Å². The van der Waals surface area contributed by atoms with Crippen molar-refractivity contribution in [3.05, 3.63) is 40.3 Å². The normalized spacial score (nSPS) is 10.9. The van der Waals surface area contributed by atoms with E-state index in [1.54, 1.807) is 35.6 Å². The van der Waals surface area contributed by atoms with Crippen LogP contribution in [0.2, 0.25) is 0 Å². The van der Waals surface area contributed by atoms with Crippen LogP contribution in [-0.2, 0) is 6.54 Å². The lowest BCUT2D eigenvalue weighted by Crippen LogP contribution is -2.29. The number of ether oxygens (including phenoxy) is 1. The molecule has 5 nitrogen and oxygen atoms in total. The largest absolute Gasteiger partial charge is 0.492 e. The molecule has 0 radical (unpaired) electrons. The Morgan fingerprint density at radius 1 is 1.38 bits per heavy atom. The molecule has 0 saturated carbocycles. The van der Waals surface area contributed by atoms with Crippen molar-refractivity contribution in [1.82, 2.24) is 9.88 Å². The first kappa shape index (κ1) is 16.0. The number of aryl methyl sites for hydroxylation is 1. The van der Waals surface area contributed by atoms with Crippen LogP contribution in [0.1, 0.15) is 10.7 Å². The highest BCUT2D eigenvalue weighted by molar-refractivity contribution is 7.09. The number of likely N-dealkylation sites (N-methyl/N-ethyl adjacent to an activating group) is 1. The Hall–Kier alpha value is -1.41. The zero-order valence-corrected chi connectivity index (χ0v) is 13.0. The van der Waals surface area contributed by atoms with E-state index in [1.807, 2.05) is 14.0 Å². The fourth-order valence-electron chi connectivity index (χ4n) is 1.92. The minimum Gasteiger partial charge on any atom is -0.492 e. The van der Waals surface area contributed by atoms with Crippen molar-refractivity contribution < 1.29 is 14.8 Å². The summed E-state index contributed by atoms with van der Waals surface area (Å²) in [4.78, 5) is 6.57. The topological polar surface area (TPSA) is 65.8 Å². The molecule has 0 amide bonds. The number of nitrogens with zero attached hydrogens (tertiary/aromatic N) is 2. The second-order valence-corrected chi connectivity index (χ2v) is 5.95. The predicted octanol–water partition coefficient (Wildman–Crippen LogP) is 0.642. The molecule has 7 heteroatoms. The fourth-order valence-corrected chi connectivity index (χ4v) is 2.52. The van der Waals surface area contributed by atoms with Crippen molar-refractivity contribution in [2.75, 3.05) is 20.2 Å². The Balaban J connectivity index is 1.77. The van der Waals surface area contributed by atoms with Crippen LogP contribution in [0.3, 0.4) is 0 Å². The lowest BCUT2D eigenvalue weighted by molar-refractivity contribution is 0.231. The van der Waals surface area contributed by atoms with Gasteiger partial charge in [0.05, 0.1) is 10.7 Å². The van der Waals surface area contributed by atoms with Gasteiger partial charge in [0, 0.05) is 18.5 Å². The molecule has 112 valence electrons. The summed E-state index contributed by atoms with van der Waals surface area (Å²) in [6, 6.07) is 6.82. The van der Waals surface area contributed by atoms with E-state index < -0.39 is 7.12 Å². The quantitative estimate of drug-likeness (QED) is 0.735. The van der Waals surface area contributed by atoms with Crippen LogP contribution in [0.15, 0.2) is 29.6 Å². The molecular weight excluding hydrogens is 287 g/mol. The van der Waals surface area contributed by atoms with Gasteiger partial charge in [-0.2, -0.15) is 0 Å². The third kappa shape index (κ3) is 5.13. The van der Waals surface area contributed by atoms with Crippen LogP contribution in [0.4, 0.5) is 0 Å². The number of hydrogen-bond donors (Lipinski definition) is 2. The number of benzene rings is 1. The molecule has 1 aromatic heterocycles. The van der Waals surface area contributed by atoms with Gasteiger partial charge in [0.15, 0.2) is 0 Å². The first-order valence-corrected chi connectivity index (χ1v) is 7.61. The Kier molecular flexibility index (Phi) is 5.75. The fraction of sp³-hybridized carbons (Fsp3) is 0.357. The van der Waals surface area contributed by atoms with Crippen molar-refractivity contribution in [3.8, 4) is 5.75 Å². The molecule has 2 N–H and O–H groups in total. The zero-order valence-electron chi connectivity index (χ0n) is 12.2. The van der Waals surface area contributed by atoms with Gasteiger partial charge >= 0.3 is 7.12 Å². The molecule has 0 bridgehead atoms. The highest BCUT2D eigenvalue weighted by atomic mass is 32.1. The van der Waals surface area contributed by atoms with E-state index in [9.17, 15) is 0 Å². The Bertz CT molecular complexity index is 577. The van der Waals surface area contributed by atoms with Crippen LogP contribution >= 0.6 is 11.3 Å². The number of aromatic nitrogens is 1.